The first-order chi connectivity index (χ1) is 65.2. The van der Waals surface area contributed by atoms with Gasteiger partial charge in [-0.2, -0.15) is 0 Å². The first-order valence-corrected chi connectivity index (χ1v) is 43.1. The monoisotopic (exact) mass is 1690 g/mol. The maximum Gasteiger partial charge on any atom is 0.334 e. The molecule has 129 heavy (non-hydrogen) atoms. The van der Waals surface area contributed by atoms with Gasteiger partial charge in [0.05, 0.1) is 55.6 Å². The summed E-state index contributed by atoms with van der Waals surface area (Å²) in [7, 11) is 9.65. The molecule has 0 aliphatic rings. The van der Waals surface area contributed by atoms with Gasteiger partial charge in [0.1, 0.15) is 73.9 Å². The third-order valence-corrected chi connectivity index (χ3v) is 25.4. The van der Waals surface area contributed by atoms with Gasteiger partial charge in [-0.3, -0.25) is 0 Å². The van der Waals surface area contributed by atoms with Crippen LogP contribution in [0.25, 0.3) is 220 Å². The number of aryl methyl sites for hydroxylation is 13. The number of hydrogen-bond donors (Lipinski definition) is 0. The standard InChI is InChI=1S/4C23H19N2O.C22H17N2O/c1-14-13-18-21-17-8-5-4-7-16(17)9-10-19(21)26-22(18)20(15(14)2)23-24-11-6-12-25(23)3;1-14-13-15(2)20(23-24-11-6-12-25(23)3)22-19(14)21-17-8-5-4-7-16(17)9-10-18(21)26-22;1-14-8-11-18-22-17-7-5-4-6-16(17)10-13-20(22)26-23(18)21(14)19-12-9-15(2)24-25(19)3;1-14-12-19(25(3)24-13-14)21-15(2)8-10-18-22-17-7-5-4-6-16(17)9-11-20(22)26-23(18)21;1-14-9-11-17-21-16-7-4-3-6-15(16)10-12-19(21)25-22(17)20(14)18-8-5-13-23-24(18)2/h4*4-13H,1-3H3;3-13H,1-2H3/q5*+1/i;1D3;2D3;;. The summed E-state index contributed by atoms with van der Waals surface area (Å²) < 4.78 is 88.5. The molecule has 0 N–H and O–H groups in total. The van der Waals surface area contributed by atoms with Gasteiger partial charge in [-0.05, 0) is 234 Å². The van der Waals surface area contributed by atoms with E-state index >= 15 is 0 Å². The van der Waals surface area contributed by atoms with Crippen molar-refractivity contribution in [1.82, 2.24) is 25.3 Å². The molecule has 0 radical (unpaired) electrons. The van der Waals surface area contributed by atoms with E-state index in [1.165, 1.54) is 76.1 Å². The Morgan fingerprint density at radius 3 is 1.12 bits per heavy atom. The predicted molar refractivity (Wildman–Crippen MR) is 521 cm³/mol. The van der Waals surface area contributed by atoms with Crippen LogP contribution >= 0.6 is 0 Å². The third kappa shape index (κ3) is 13.7. The number of aromatic nitrogens is 10. The summed E-state index contributed by atoms with van der Waals surface area (Å²) in [6.45, 7) is 10.0. The normalized spacial score (nSPS) is 12.5. The highest BCUT2D eigenvalue weighted by atomic mass is 16.3. The molecule has 0 fully saturated rings. The fourth-order valence-corrected chi connectivity index (χ4v) is 19.0. The van der Waals surface area contributed by atoms with E-state index in [2.05, 4.69) is 242 Å². The predicted octanol–water partition coefficient (Wildman–Crippen LogP) is 25.9. The van der Waals surface area contributed by atoms with Crippen molar-refractivity contribution in [3.8, 4) is 56.5 Å². The second-order valence-corrected chi connectivity index (χ2v) is 33.5. The molecule has 25 aromatic rings. The van der Waals surface area contributed by atoms with Crippen molar-refractivity contribution in [3.05, 3.63) is 360 Å². The Morgan fingerprint density at radius 2 is 0.674 bits per heavy atom. The molecule has 15 heteroatoms. The second kappa shape index (κ2) is 32.2. The van der Waals surface area contributed by atoms with Gasteiger partial charge in [0.25, 0.3) is 0 Å². The van der Waals surface area contributed by atoms with E-state index in [0.29, 0.717) is 22.1 Å². The zero-order valence-corrected chi connectivity index (χ0v) is 73.5. The number of benzene rings is 15. The molecule has 10 aromatic heterocycles. The average Bonchev–Trinajstić information content (AvgIpc) is 1.57. The quantitative estimate of drug-likeness (QED) is 0.152. The lowest BCUT2D eigenvalue weighted by Crippen LogP contribution is -2.36. The van der Waals surface area contributed by atoms with Crippen molar-refractivity contribution in [2.45, 2.75) is 62.2 Å². The summed E-state index contributed by atoms with van der Waals surface area (Å²) in [5, 5.41) is 35.5. The van der Waals surface area contributed by atoms with Crippen molar-refractivity contribution >= 4 is 164 Å². The molecule has 15 aromatic carbocycles. The number of nitrogens with zero attached hydrogens (tertiary/aromatic N) is 10. The largest absolute Gasteiger partial charge is 0.455 e. The van der Waals surface area contributed by atoms with E-state index in [9.17, 15) is 0 Å². The van der Waals surface area contributed by atoms with Crippen LogP contribution in [0.15, 0.2) is 332 Å². The molecular formula is C114H93N10O5+5. The van der Waals surface area contributed by atoms with Crippen LogP contribution in [0, 0.1) is 62.2 Å². The molecule has 0 atom stereocenters. The van der Waals surface area contributed by atoms with Gasteiger partial charge in [-0.1, -0.05) is 208 Å². The minimum Gasteiger partial charge on any atom is -0.455 e. The number of hydrogen-bond acceptors (Lipinski definition) is 10. The zero-order valence-electron chi connectivity index (χ0n) is 79.5. The molecule has 0 aliphatic carbocycles. The van der Waals surface area contributed by atoms with Crippen LogP contribution in [0.1, 0.15) is 58.4 Å². The molecule has 0 bridgehead atoms. The maximum atomic E-state index is 8.16. The van der Waals surface area contributed by atoms with Crippen LogP contribution in [0.2, 0.25) is 0 Å². The lowest BCUT2D eigenvalue weighted by molar-refractivity contribution is -0.720. The number of fused-ring (bicyclic) bond motifs is 25. The van der Waals surface area contributed by atoms with Crippen molar-refractivity contribution in [2.24, 2.45) is 35.2 Å². The lowest BCUT2D eigenvalue weighted by Gasteiger charge is -2.07. The highest BCUT2D eigenvalue weighted by Gasteiger charge is 2.30. The van der Waals surface area contributed by atoms with Crippen LogP contribution in [0.4, 0.5) is 0 Å². The summed E-state index contributed by atoms with van der Waals surface area (Å²) in [4.78, 5) is 9.18. The van der Waals surface area contributed by atoms with Crippen LogP contribution < -0.4 is 23.2 Å². The second-order valence-electron chi connectivity index (χ2n) is 33.5. The van der Waals surface area contributed by atoms with E-state index in [-0.39, 0.29) is 5.69 Å². The van der Waals surface area contributed by atoms with E-state index in [1.807, 2.05) is 164 Å². The molecule has 10 heterocycles. The van der Waals surface area contributed by atoms with Gasteiger partial charge in [0.15, 0.2) is 32.3 Å². The van der Waals surface area contributed by atoms with Gasteiger partial charge in [0.2, 0.25) is 17.1 Å². The van der Waals surface area contributed by atoms with E-state index in [4.69, 9.17) is 30.3 Å². The van der Waals surface area contributed by atoms with Gasteiger partial charge < -0.3 is 22.1 Å². The number of rotatable bonds is 5. The summed E-state index contributed by atoms with van der Waals surface area (Å²) in [6.07, 6.45) is 11.2. The Kier molecular flexibility index (Phi) is 18.3. The Balaban J connectivity index is 0.000000101. The highest BCUT2D eigenvalue weighted by molar-refractivity contribution is 6.26. The number of furan rings is 5. The SMILES string of the molecule is Cc1cc2c(oc3ccc4ccccc4c32)c(-c2nccc[n+]2C)c1C.Cc1ccc2c(oc3ccc4ccccc4c32)c1-c1cccn[n+]1C.Cc1cn[n+](C)c(-c2c(C)ccc3c2oc2ccc4ccccc4c23)c1.[2H]C([2H])([2H])c1cc(C)c(-c2nccc[n+]2C)c2oc3ccc4ccccc4c3c12.[2H]C([2H])([2H])c1ccc(-c2c(C)ccc3c2oc2ccc4ccccc4c23)[n+](C)n1. The molecule has 15 nitrogen and oxygen atoms in total. The zero-order chi connectivity index (χ0) is 93.3. The molecule has 0 saturated heterocycles. The van der Waals surface area contributed by atoms with Crippen LogP contribution in [-0.4, -0.2) is 25.3 Å². The van der Waals surface area contributed by atoms with Gasteiger partial charge in [0, 0.05) is 92.4 Å². The smallest absolute Gasteiger partial charge is 0.334 e. The Morgan fingerprint density at radius 1 is 0.271 bits per heavy atom. The van der Waals surface area contributed by atoms with Gasteiger partial charge in [-0.15, -0.1) is 0 Å². The van der Waals surface area contributed by atoms with Crippen molar-refractivity contribution in [3.63, 3.8) is 0 Å². The fourth-order valence-electron chi connectivity index (χ4n) is 19.0. The Labute approximate surface area is 752 Å². The average molecular weight is 1690 g/mol. The van der Waals surface area contributed by atoms with Crippen LogP contribution in [0.5, 0.6) is 0 Å². The van der Waals surface area contributed by atoms with Gasteiger partial charge in [-0.25, -0.2) is 9.13 Å². The molecular weight excluding hydrogens is 1590 g/mol. The third-order valence-electron chi connectivity index (χ3n) is 25.4. The van der Waals surface area contributed by atoms with Crippen molar-refractivity contribution < 1.29 is 53.5 Å². The maximum absolute atomic E-state index is 8.16. The fraction of sp³-hybridized carbons (Fsp3) is 0.123. The van der Waals surface area contributed by atoms with Gasteiger partial charge >= 0.3 is 11.6 Å². The van der Waals surface area contributed by atoms with Crippen LogP contribution in [0.3, 0.4) is 0 Å². The topological polar surface area (TPSA) is 150 Å². The van der Waals surface area contributed by atoms with Crippen molar-refractivity contribution in [1.29, 1.82) is 0 Å². The Hall–Kier alpha value is -16.0. The van der Waals surface area contributed by atoms with E-state index in [0.717, 1.165) is 166 Å². The summed E-state index contributed by atoms with van der Waals surface area (Å²) in [5.41, 5.74) is 24.5. The summed E-state index contributed by atoms with van der Waals surface area (Å²) >= 11 is 0. The lowest BCUT2D eigenvalue weighted by atomic mass is 9.96. The summed E-state index contributed by atoms with van der Waals surface area (Å²) in [6, 6.07) is 92.5. The molecule has 0 unspecified atom stereocenters. The molecule has 25 rings (SSSR count). The highest BCUT2D eigenvalue weighted by Crippen LogP contribution is 2.47. The summed E-state index contributed by atoms with van der Waals surface area (Å²) in [5.74, 6) is 1.65. The van der Waals surface area contributed by atoms with E-state index in [1.54, 1.807) is 36.3 Å². The van der Waals surface area contributed by atoms with Crippen LogP contribution in [-0.2, 0) is 35.2 Å². The molecule has 624 valence electrons. The molecule has 0 spiro atoms. The Bertz CT molecular complexity index is 9180. The molecule has 0 saturated carbocycles. The minimum atomic E-state index is -2.26. The molecule has 0 amide bonds. The minimum absolute atomic E-state index is 0.0733. The first-order valence-electron chi connectivity index (χ1n) is 46.1. The first kappa shape index (κ1) is 73.4. The van der Waals surface area contributed by atoms with Crippen molar-refractivity contribution in [2.75, 3.05) is 0 Å². The van der Waals surface area contributed by atoms with E-state index < -0.39 is 13.7 Å². The molecule has 0 aliphatic heterocycles.